The average Bonchev–Trinajstić information content (AvgIpc) is 2.38. The lowest BCUT2D eigenvalue weighted by molar-refractivity contribution is 0.196. The molecule has 98 valence electrons. The number of halogens is 3. The number of nitrogens with one attached hydrogen (secondary N) is 1. The average molecular weight is 344 g/mol. The SMILES string of the molecule is Fc1cc(Br)ccc1C1CNc2ccc(Cl)nc2O1. The Labute approximate surface area is 122 Å². The van der Waals surface area contributed by atoms with Crippen LogP contribution >= 0.6 is 27.5 Å². The largest absolute Gasteiger partial charge is 0.466 e. The van der Waals surface area contributed by atoms with Crippen LogP contribution in [0, 0.1) is 5.82 Å². The number of aromatic nitrogens is 1. The van der Waals surface area contributed by atoms with Crippen molar-refractivity contribution in [1.82, 2.24) is 4.98 Å². The number of benzene rings is 1. The molecule has 2 aromatic rings. The number of hydrogen-bond acceptors (Lipinski definition) is 3. The summed E-state index contributed by atoms with van der Waals surface area (Å²) in [5.74, 6) is 0.0812. The maximum atomic E-state index is 13.9. The second-order valence-corrected chi connectivity index (χ2v) is 5.44. The third-order valence-electron chi connectivity index (χ3n) is 2.87. The Bertz CT molecular complexity index is 638. The van der Waals surface area contributed by atoms with E-state index in [-0.39, 0.29) is 5.82 Å². The van der Waals surface area contributed by atoms with Crippen LogP contribution in [0.5, 0.6) is 5.88 Å². The molecule has 1 aliphatic rings. The van der Waals surface area contributed by atoms with Gasteiger partial charge in [0.25, 0.3) is 0 Å². The minimum absolute atomic E-state index is 0.313. The molecule has 19 heavy (non-hydrogen) atoms. The molecule has 1 N–H and O–H groups in total. The molecule has 0 saturated heterocycles. The number of anilines is 1. The molecular formula is C13H9BrClFN2O. The topological polar surface area (TPSA) is 34.2 Å². The molecule has 0 radical (unpaired) electrons. The van der Waals surface area contributed by atoms with E-state index in [9.17, 15) is 4.39 Å². The lowest BCUT2D eigenvalue weighted by Gasteiger charge is -2.27. The van der Waals surface area contributed by atoms with Gasteiger partial charge in [0.05, 0.1) is 12.2 Å². The smallest absolute Gasteiger partial charge is 0.239 e. The highest BCUT2D eigenvalue weighted by atomic mass is 79.9. The van der Waals surface area contributed by atoms with Crippen LogP contribution in [0.3, 0.4) is 0 Å². The van der Waals surface area contributed by atoms with E-state index in [2.05, 4.69) is 26.2 Å². The maximum Gasteiger partial charge on any atom is 0.239 e. The summed E-state index contributed by atoms with van der Waals surface area (Å²) >= 11 is 9.05. The van der Waals surface area contributed by atoms with E-state index < -0.39 is 6.10 Å². The quantitative estimate of drug-likeness (QED) is 0.789. The second-order valence-electron chi connectivity index (χ2n) is 4.14. The molecule has 0 amide bonds. The summed E-state index contributed by atoms with van der Waals surface area (Å²) in [6.45, 7) is 0.481. The molecular weight excluding hydrogens is 335 g/mol. The molecule has 0 fully saturated rings. The van der Waals surface area contributed by atoms with Crippen molar-refractivity contribution in [3.8, 4) is 5.88 Å². The highest BCUT2D eigenvalue weighted by molar-refractivity contribution is 9.10. The van der Waals surface area contributed by atoms with Crippen molar-refractivity contribution in [2.45, 2.75) is 6.10 Å². The molecule has 2 heterocycles. The van der Waals surface area contributed by atoms with E-state index in [1.807, 2.05) is 0 Å². The van der Waals surface area contributed by atoms with Gasteiger partial charge in [-0.15, -0.1) is 0 Å². The minimum Gasteiger partial charge on any atom is -0.466 e. The van der Waals surface area contributed by atoms with E-state index in [1.54, 1.807) is 24.3 Å². The van der Waals surface area contributed by atoms with Gasteiger partial charge in [-0.25, -0.2) is 4.39 Å². The van der Waals surface area contributed by atoms with Gasteiger partial charge in [0.15, 0.2) is 0 Å². The number of pyridine rings is 1. The van der Waals surface area contributed by atoms with E-state index in [1.165, 1.54) is 6.07 Å². The molecule has 3 rings (SSSR count). The van der Waals surface area contributed by atoms with Crippen molar-refractivity contribution in [2.24, 2.45) is 0 Å². The van der Waals surface area contributed by atoms with Crippen molar-refractivity contribution in [2.75, 3.05) is 11.9 Å². The van der Waals surface area contributed by atoms with Crippen molar-refractivity contribution >= 4 is 33.2 Å². The first-order valence-corrected chi connectivity index (χ1v) is 6.82. The highest BCUT2D eigenvalue weighted by Gasteiger charge is 2.24. The Kier molecular flexibility index (Phi) is 3.33. The Morgan fingerprint density at radius 1 is 1.37 bits per heavy atom. The van der Waals surface area contributed by atoms with Gasteiger partial charge in [0.1, 0.15) is 17.1 Å². The number of ether oxygens (including phenoxy) is 1. The number of rotatable bonds is 1. The predicted molar refractivity (Wildman–Crippen MR) is 75.2 cm³/mol. The van der Waals surface area contributed by atoms with Crippen LogP contribution in [0.2, 0.25) is 5.15 Å². The lowest BCUT2D eigenvalue weighted by Crippen LogP contribution is -2.25. The molecule has 0 bridgehead atoms. The van der Waals surface area contributed by atoms with E-state index in [4.69, 9.17) is 16.3 Å². The van der Waals surface area contributed by atoms with Crippen LogP contribution in [0.15, 0.2) is 34.8 Å². The second kappa shape index (κ2) is 4.98. The first-order valence-electron chi connectivity index (χ1n) is 5.65. The monoisotopic (exact) mass is 342 g/mol. The van der Waals surface area contributed by atoms with Crippen LogP contribution in [-0.4, -0.2) is 11.5 Å². The van der Waals surface area contributed by atoms with Gasteiger partial charge in [-0.05, 0) is 24.3 Å². The van der Waals surface area contributed by atoms with Gasteiger partial charge in [-0.3, -0.25) is 0 Å². The van der Waals surface area contributed by atoms with E-state index >= 15 is 0 Å². The summed E-state index contributed by atoms with van der Waals surface area (Å²) in [4.78, 5) is 4.09. The van der Waals surface area contributed by atoms with Gasteiger partial charge in [-0.2, -0.15) is 4.98 Å². The van der Waals surface area contributed by atoms with Gasteiger partial charge in [-0.1, -0.05) is 33.6 Å². The summed E-state index contributed by atoms with van der Waals surface area (Å²) in [7, 11) is 0. The molecule has 1 aromatic heterocycles. The highest BCUT2D eigenvalue weighted by Crippen LogP contribution is 2.34. The number of fused-ring (bicyclic) bond motifs is 1. The van der Waals surface area contributed by atoms with Crippen molar-refractivity contribution in [3.63, 3.8) is 0 Å². The summed E-state index contributed by atoms with van der Waals surface area (Å²) in [6.07, 6.45) is -0.424. The minimum atomic E-state index is -0.424. The molecule has 3 nitrogen and oxygen atoms in total. The first kappa shape index (κ1) is 12.7. The molecule has 0 saturated carbocycles. The summed E-state index contributed by atoms with van der Waals surface area (Å²) in [5, 5.41) is 3.50. The van der Waals surface area contributed by atoms with Crippen molar-refractivity contribution in [3.05, 3.63) is 51.3 Å². The van der Waals surface area contributed by atoms with E-state index in [0.717, 1.165) is 5.69 Å². The van der Waals surface area contributed by atoms with Crippen LogP contribution in [0.25, 0.3) is 0 Å². The third kappa shape index (κ3) is 2.53. The Morgan fingerprint density at radius 3 is 3.00 bits per heavy atom. The van der Waals surface area contributed by atoms with Gasteiger partial charge in [0, 0.05) is 10.0 Å². The van der Waals surface area contributed by atoms with Crippen LogP contribution in [0.4, 0.5) is 10.1 Å². The van der Waals surface area contributed by atoms with Gasteiger partial charge < -0.3 is 10.1 Å². The maximum absolute atomic E-state index is 13.9. The first-order chi connectivity index (χ1) is 9.13. The summed E-state index contributed by atoms with van der Waals surface area (Å²) in [5.41, 5.74) is 1.25. The van der Waals surface area contributed by atoms with Crippen LogP contribution < -0.4 is 10.1 Å². The Balaban J connectivity index is 1.93. The molecule has 1 aromatic carbocycles. The number of nitrogens with zero attached hydrogens (tertiary/aromatic N) is 1. The van der Waals surface area contributed by atoms with Gasteiger partial charge in [0.2, 0.25) is 5.88 Å². The Morgan fingerprint density at radius 2 is 2.21 bits per heavy atom. The summed E-state index contributed by atoms with van der Waals surface area (Å²) < 4.78 is 20.3. The lowest BCUT2D eigenvalue weighted by atomic mass is 10.1. The number of hydrogen-bond donors (Lipinski definition) is 1. The zero-order valence-electron chi connectivity index (χ0n) is 9.66. The van der Waals surface area contributed by atoms with Crippen molar-refractivity contribution in [1.29, 1.82) is 0 Å². The molecule has 0 aliphatic carbocycles. The molecule has 1 atom stereocenters. The fraction of sp³-hybridized carbons (Fsp3) is 0.154. The standard InChI is InChI=1S/C13H9BrClFN2O/c14-7-1-2-8(9(16)5-7)11-6-17-10-3-4-12(15)18-13(10)19-11/h1-5,11,17H,6H2. The third-order valence-corrected chi connectivity index (χ3v) is 3.57. The molecule has 1 aliphatic heterocycles. The van der Waals surface area contributed by atoms with Gasteiger partial charge >= 0.3 is 0 Å². The zero-order chi connectivity index (χ0) is 13.4. The normalized spacial score (nSPS) is 17.3. The summed E-state index contributed by atoms with van der Waals surface area (Å²) in [6, 6.07) is 8.36. The zero-order valence-corrected chi connectivity index (χ0v) is 12.0. The Hall–Kier alpha value is -1.33. The fourth-order valence-corrected chi connectivity index (χ4v) is 2.43. The molecule has 1 unspecified atom stereocenters. The predicted octanol–water partition coefficient (Wildman–Crippen LogP) is 4.18. The van der Waals surface area contributed by atoms with Crippen molar-refractivity contribution < 1.29 is 9.13 Å². The van der Waals surface area contributed by atoms with Crippen LogP contribution in [0.1, 0.15) is 11.7 Å². The van der Waals surface area contributed by atoms with E-state index in [0.29, 0.717) is 27.6 Å². The fourth-order valence-electron chi connectivity index (χ4n) is 1.96. The molecule has 6 heteroatoms. The van der Waals surface area contributed by atoms with Crippen LogP contribution in [-0.2, 0) is 0 Å². The molecule has 0 spiro atoms.